The standard InChI is InChI=1S/C15H25N3O/c1-15(2)5-7-18(8-6-15)11-14-9-13(17-19-14)10-16-12-3-4-12/h9,12,16H,3-8,10-11H2,1-2H3. The van der Waals surface area contributed by atoms with Crippen molar-refractivity contribution in [2.45, 2.75) is 58.7 Å². The molecule has 0 bridgehead atoms. The van der Waals surface area contributed by atoms with Crippen LogP contribution in [0.4, 0.5) is 0 Å². The second kappa shape index (κ2) is 5.25. The van der Waals surface area contributed by atoms with Crippen LogP contribution in [0.5, 0.6) is 0 Å². The molecule has 1 aromatic rings. The van der Waals surface area contributed by atoms with Gasteiger partial charge in [-0.2, -0.15) is 0 Å². The molecule has 0 atom stereocenters. The maximum absolute atomic E-state index is 5.44. The zero-order chi connectivity index (χ0) is 13.3. The van der Waals surface area contributed by atoms with Gasteiger partial charge in [-0.1, -0.05) is 19.0 Å². The molecule has 2 heterocycles. The van der Waals surface area contributed by atoms with Gasteiger partial charge in [-0.3, -0.25) is 4.90 Å². The molecule has 2 fully saturated rings. The highest BCUT2D eigenvalue weighted by Crippen LogP contribution is 2.30. The minimum absolute atomic E-state index is 0.511. The fraction of sp³-hybridized carbons (Fsp3) is 0.800. The van der Waals surface area contributed by atoms with Gasteiger partial charge in [0.05, 0.1) is 12.2 Å². The molecule has 1 aliphatic carbocycles. The first kappa shape index (κ1) is 13.1. The van der Waals surface area contributed by atoms with E-state index >= 15 is 0 Å². The van der Waals surface area contributed by atoms with Gasteiger partial charge in [-0.05, 0) is 44.2 Å². The summed E-state index contributed by atoms with van der Waals surface area (Å²) in [6, 6.07) is 2.83. The summed E-state index contributed by atoms with van der Waals surface area (Å²) in [6.07, 6.45) is 5.18. The maximum Gasteiger partial charge on any atom is 0.151 e. The van der Waals surface area contributed by atoms with E-state index in [-0.39, 0.29) is 0 Å². The van der Waals surface area contributed by atoms with Gasteiger partial charge in [-0.25, -0.2) is 0 Å². The number of likely N-dealkylation sites (tertiary alicyclic amines) is 1. The molecule has 1 saturated heterocycles. The molecule has 0 amide bonds. The molecule has 0 radical (unpaired) electrons. The second-order valence-electron chi connectivity index (χ2n) is 6.88. The highest BCUT2D eigenvalue weighted by molar-refractivity contribution is 5.06. The quantitative estimate of drug-likeness (QED) is 0.886. The average Bonchev–Trinajstić information content (AvgIpc) is 3.10. The van der Waals surface area contributed by atoms with Crippen LogP contribution < -0.4 is 5.32 Å². The van der Waals surface area contributed by atoms with Crippen LogP contribution in [0, 0.1) is 5.41 Å². The molecule has 0 unspecified atom stereocenters. The van der Waals surface area contributed by atoms with Crippen LogP contribution in [0.15, 0.2) is 10.6 Å². The van der Waals surface area contributed by atoms with Crippen LogP contribution in [0.2, 0.25) is 0 Å². The Kier molecular flexibility index (Phi) is 3.63. The van der Waals surface area contributed by atoms with Crippen LogP contribution in [0.25, 0.3) is 0 Å². The van der Waals surface area contributed by atoms with Gasteiger partial charge in [0.2, 0.25) is 0 Å². The Bertz CT molecular complexity index is 413. The van der Waals surface area contributed by atoms with E-state index in [0.29, 0.717) is 5.41 Å². The molecule has 106 valence electrons. The number of nitrogens with one attached hydrogen (secondary N) is 1. The molecule has 1 aromatic heterocycles. The smallest absolute Gasteiger partial charge is 0.151 e. The lowest BCUT2D eigenvalue weighted by atomic mass is 9.83. The van der Waals surface area contributed by atoms with E-state index in [2.05, 4.69) is 35.3 Å². The largest absolute Gasteiger partial charge is 0.360 e. The Balaban J connectivity index is 1.47. The zero-order valence-corrected chi connectivity index (χ0v) is 12.1. The molecule has 4 heteroatoms. The summed E-state index contributed by atoms with van der Waals surface area (Å²) in [5.74, 6) is 1.01. The predicted octanol–water partition coefficient (Wildman–Crippen LogP) is 2.55. The van der Waals surface area contributed by atoms with E-state index in [1.54, 1.807) is 0 Å². The first-order chi connectivity index (χ1) is 9.11. The third-order valence-electron chi connectivity index (χ3n) is 4.35. The number of nitrogens with zero attached hydrogens (tertiary/aromatic N) is 2. The van der Waals surface area contributed by atoms with Crippen molar-refractivity contribution in [1.29, 1.82) is 0 Å². The lowest BCUT2D eigenvalue weighted by molar-refractivity contribution is 0.117. The molecule has 19 heavy (non-hydrogen) atoms. The summed E-state index contributed by atoms with van der Waals surface area (Å²) in [5, 5.41) is 7.61. The van der Waals surface area contributed by atoms with Crippen LogP contribution in [-0.4, -0.2) is 29.2 Å². The van der Waals surface area contributed by atoms with Crippen LogP contribution in [-0.2, 0) is 13.1 Å². The lowest BCUT2D eigenvalue weighted by Gasteiger charge is -2.36. The van der Waals surface area contributed by atoms with E-state index in [4.69, 9.17) is 4.52 Å². The van der Waals surface area contributed by atoms with Gasteiger partial charge in [0, 0.05) is 18.7 Å². The van der Waals surface area contributed by atoms with Crippen molar-refractivity contribution < 1.29 is 4.52 Å². The molecule has 1 saturated carbocycles. The maximum atomic E-state index is 5.44. The van der Waals surface area contributed by atoms with Crippen molar-refractivity contribution in [3.05, 3.63) is 17.5 Å². The average molecular weight is 263 g/mol. The van der Waals surface area contributed by atoms with Crippen molar-refractivity contribution in [3.8, 4) is 0 Å². The van der Waals surface area contributed by atoms with Gasteiger partial charge in [0.25, 0.3) is 0 Å². The molecule has 1 N–H and O–H groups in total. The number of aromatic nitrogens is 1. The Hall–Kier alpha value is -0.870. The number of hydrogen-bond acceptors (Lipinski definition) is 4. The normalized spacial score (nSPS) is 23.7. The van der Waals surface area contributed by atoms with E-state index < -0.39 is 0 Å². The topological polar surface area (TPSA) is 41.3 Å². The summed E-state index contributed by atoms with van der Waals surface area (Å²) in [7, 11) is 0. The van der Waals surface area contributed by atoms with Gasteiger partial charge in [-0.15, -0.1) is 0 Å². The summed E-state index contributed by atoms with van der Waals surface area (Å²) in [4.78, 5) is 2.48. The minimum Gasteiger partial charge on any atom is -0.360 e. The van der Waals surface area contributed by atoms with Crippen LogP contribution in [0.1, 0.15) is 51.0 Å². The molecule has 1 aliphatic heterocycles. The number of piperidine rings is 1. The SMILES string of the molecule is CC1(C)CCN(Cc2cc(CNC3CC3)no2)CC1. The highest BCUT2D eigenvalue weighted by atomic mass is 16.5. The van der Waals surface area contributed by atoms with Crippen LogP contribution >= 0.6 is 0 Å². The summed E-state index contributed by atoms with van der Waals surface area (Å²) in [6.45, 7) is 8.82. The molecule has 3 rings (SSSR count). The fourth-order valence-corrected chi connectivity index (χ4v) is 2.59. The van der Waals surface area contributed by atoms with Crippen molar-refractivity contribution in [2.24, 2.45) is 5.41 Å². The Morgan fingerprint density at radius 1 is 1.37 bits per heavy atom. The van der Waals surface area contributed by atoms with Crippen molar-refractivity contribution in [3.63, 3.8) is 0 Å². The van der Waals surface area contributed by atoms with Crippen molar-refractivity contribution in [2.75, 3.05) is 13.1 Å². The van der Waals surface area contributed by atoms with E-state index in [1.807, 2.05) is 0 Å². The summed E-state index contributed by atoms with van der Waals surface area (Å²) < 4.78 is 5.44. The number of hydrogen-bond donors (Lipinski definition) is 1. The van der Waals surface area contributed by atoms with Crippen molar-refractivity contribution in [1.82, 2.24) is 15.4 Å². The number of rotatable bonds is 5. The predicted molar refractivity (Wildman–Crippen MR) is 74.7 cm³/mol. The first-order valence-corrected chi connectivity index (χ1v) is 7.51. The third-order valence-corrected chi connectivity index (χ3v) is 4.35. The van der Waals surface area contributed by atoms with Crippen molar-refractivity contribution >= 4 is 0 Å². The molecular weight excluding hydrogens is 238 g/mol. The van der Waals surface area contributed by atoms with E-state index in [0.717, 1.165) is 30.6 Å². The van der Waals surface area contributed by atoms with Gasteiger partial charge >= 0.3 is 0 Å². The highest BCUT2D eigenvalue weighted by Gasteiger charge is 2.26. The Labute approximate surface area is 115 Å². The summed E-state index contributed by atoms with van der Waals surface area (Å²) in [5.41, 5.74) is 1.55. The monoisotopic (exact) mass is 263 g/mol. The lowest BCUT2D eigenvalue weighted by Crippen LogP contribution is -2.36. The zero-order valence-electron chi connectivity index (χ0n) is 12.1. The molecule has 4 nitrogen and oxygen atoms in total. The van der Waals surface area contributed by atoms with Gasteiger partial charge < -0.3 is 9.84 Å². The minimum atomic E-state index is 0.511. The van der Waals surface area contributed by atoms with E-state index in [1.165, 1.54) is 38.8 Å². The van der Waals surface area contributed by atoms with Crippen LogP contribution in [0.3, 0.4) is 0 Å². The molecule has 0 spiro atoms. The second-order valence-corrected chi connectivity index (χ2v) is 6.88. The van der Waals surface area contributed by atoms with Gasteiger partial charge in [0.15, 0.2) is 5.76 Å². The Morgan fingerprint density at radius 3 is 2.79 bits per heavy atom. The Morgan fingerprint density at radius 2 is 2.11 bits per heavy atom. The van der Waals surface area contributed by atoms with Gasteiger partial charge in [0.1, 0.15) is 0 Å². The van der Waals surface area contributed by atoms with E-state index in [9.17, 15) is 0 Å². The summed E-state index contributed by atoms with van der Waals surface area (Å²) >= 11 is 0. The third kappa shape index (κ3) is 3.80. The fourth-order valence-electron chi connectivity index (χ4n) is 2.59. The molecule has 0 aromatic carbocycles. The first-order valence-electron chi connectivity index (χ1n) is 7.51. The molecule has 2 aliphatic rings. The molecular formula is C15H25N3O.